The maximum absolute atomic E-state index is 13.4. The van der Waals surface area contributed by atoms with Crippen molar-refractivity contribution in [3.8, 4) is 5.75 Å². The van der Waals surface area contributed by atoms with Gasteiger partial charge in [0.25, 0.3) is 5.56 Å². The van der Waals surface area contributed by atoms with Gasteiger partial charge in [0.1, 0.15) is 5.75 Å². The Morgan fingerprint density at radius 1 is 1.09 bits per heavy atom. The highest BCUT2D eigenvalue weighted by Gasteiger charge is 2.32. The van der Waals surface area contributed by atoms with E-state index in [4.69, 9.17) is 9.47 Å². The quantitative estimate of drug-likeness (QED) is 0.452. The van der Waals surface area contributed by atoms with Gasteiger partial charge in [-0.1, -0.05) is 53.8 Å². The number of methoxy groups -OCH3 is 1. The summed E-state index contributed by atoms with van der Waals surface area (Å²) in [4.78, 5) is 42.1. The van der Waals surface area contributed by atoms with Gasteiger partial charge in [-0.3, -0.25) is 14.2 Å². The third-order valence-electron chi connectivity index (χ3n) is 4.98. The number of allylic oxidation sites excluding steroid dienone is 1. The van der Waals surface area contributed by atoms with E-state index < -0.39 is 18.0 Å². The van der Waals surface area contributed by atoms with Crippen LogP contribution in [0.2, 0.25) is 0 Å². The predicted molar refractivity (Wildman–Crippen MR) is 120 cm³/mol. The van der Waals surface area contributed by atoms with E-state index in [0.717, 1.165) is 11.1 Å². The Morgan fingerprint density at radius 2 is 1.78 bits per heavy atom. The second-order valence-corrected chi connectivity index (χ2v) is 8.16. The number of aromatic nitrogens is 1. The van der Waals surface area contributed by atoms with E-state index in [1.54, 1.807) is 37.3 Å². The highest BCUT2D eigenvalue weighted by Crippen LogP contribution is 2.30. The molecule has 3 aromatic rings. The summed E-state index contributed by atoms with van der Waals surface area (Å²) in [6.45, 7) is 3.08. The molecule has 4 rings (SSSR count). The van der Waals surface area contributed by atoms with E-state index in [-0.39, 0.29) is 5.56 Å². The number of thiazole rings is 1. The summed E-state index contributed by atoms with van der Waals surface area (Å²) >= 11 is 1.25. The van der Waals surface area contributed by atoms with Crippen molar-refractivity contribution in [2.24, 2.45) is 4.99 Å². The summed E-state index contributed by atoms with van der Waals surface area (Å²) in [5.41, 5.74) is 2.17. The summed E-state index contributed by atoms with van der Waals surface area (Å²) in [7, 11) is 1.31. The molecule has 2 heterocycles. The minimum absolute atomic E-state index is 0.249. The molecule has 2 aromatic carbocycles. The number of rotatable bonds is 4. The van der Waals surface area contributed by atoms with Gasteiger partial charge in [0, 0.05) is 6.92 Å². The minimum atomic E-state index is -0.631. The number of fused-ring (bicyclic) bond motifs is 1. The molecule has 1 aliphatic heterocycles. The first-order valence-electron chi connectivity index (χ1n) is 9.83. The van der Waals surface area contributed by atoms with Crippen LogP contribution in [0.25, 0.3) is 6.08 Å². The average molecular weight is 449 g/mol. The molecule has 0 radical (unpaired) electrons. The number of hydrogen-bond donors (Lipinski definition) is 0. The van der Waals surface area contributed by atoms with E-state index >= 15 is 0 Å². The largest absolute Gasteiger partial charge is 0.466 e. The van der Waals surface area contributed by atoms with E-state index in [2.05, 4.69) is 4.99 Å². The molecule has 7 nitrogen and oxygen atoms in total. The third kappa shape index (κ3) is 4.04. The van der Waals surface area contributed by atoms with Crippen molar-refractivity contribution in [1.29, 1.82) is 0 Å². The van der Waals surface area contributed by atoms with Crippen molar-refractivity contribution in [1.82, 2.24) is 4.57 Å². The van der Waals surface area contributed by atoms with Crippen LogP contribution in [0, 0.1) is 0 Å². The minimum Gasteiger partial charge on any atom is -0.466 e. The predicted octanol–water partition coefficient (Wildman–Crippen LogP) is 2.33. The Morgan fingerprint density at radius 3 is 2.41 bits per heavy atom. The van der Waals surface area contributed by atoms with Gasteiger partial charge >= 0.3 is 11.9 Å². The molecule has 8 heteroatoms. The first kappa shape index (κ1) is 21.5. The van der Waals surface area contributed by atoms with Crippen molar-refractivity contribution < 1.29 is 19.1 Å². The zero-order valence-corrected chi connectivity index (χ0v) is 18.5. The smallest absolute Gasteiger partial charge is 0.338 e. The van der Waals surface area contributed by atoms with Gasteiger partial charge in [-0.05, 0) is 36.3 Å². The molecule has 32 heavy (non-hydrogen) atoms. The Bertz CT molecular complexity index is 1400. The number of ether oxygens (including phenoxy) is 2. The number of carbonyl (C=O) groups is 2. The normalized spacial score (nSPS) is 15.7. The lowest BCUT2D eigenvalue weighted by Crippen LogP contribution is -2.39. The van der Waals surface area contributed by atoms with E-state index in [1.807, 2.05) is 30.3 Å². The molecule has 1 unspecified atom stereocenters. The third-order valence-corrected chi connectivity index (χ3v) is 5.96. The lowest BCUT2D eigenvalue weighted by molar-refractivity contribution is -0.136. The second kappa shape index (κ2) is 8.76. The summed E-state index contributed by atoms with van der Waals surface area (Å²) in [6, 6.07) is 15.6. The molecule has 1 atom stereocenters. The molecular formula is C24H20N2O5S. The van der Waals surface area contributed by atoms with Crippen LogP contribution in [0.5, 0.6) is 5.75 Å². The lowest BCUT2D eigenvalue weighted by atomic mass is 9.96. The molecule has 0 spiro atoms. The molecule has 1 aromatic heterocycles. The molecule has 0 N–H and O–H groups in total. The lowest BCUT2D eigenvalue weighted by Gasteiger charge is -2.24. The average Bonchev–Trinajstić information content (AvgIpc) is 3.08. The Hall–Kier alpha value is -3.78. The van der Waals surface area contributed by atoms with Crippen LogP contribution in [0.4, 0.5) is 0 Å². The molecule has 0 fully saturated rings. The molecular weight excluding hydrogens is 428 g/mol. The fourth-order valence-electron chi connectivity index (χ4n) is 3.59. The number of esters is 2. The van der Waals surface area contributed by atoms with Gasteiger partial charge < -0.3 is 9.47 Å². The summed E-state index contributed by atoms with van der Waals surface area (Å²) < 4.78 is 12.1. The summed E-state index contributed by atoms with van der Waals surface area (Å²) in [6.07, 6.45) is 1.75. The zero-order chi connectivity index (χ0) is 22.8. The number of carbonyl (C=O) groups excluding carboxylic acids is 2. The Kier molecular flexibility index (Phi) is 5.87. The van der Waals surface area contributed by atoms with Crippen molar-refractivity contribution in [3.05, 3.63) is 96.7 Å². The molecule has 162 valence electrons. The maximum atomic E-state index is 13.4. The number of hydrogen-bond acceptors (Lipinski definition) is 7. The van der Waals surface area contributed by atoms with Gasteiger partial charge in [0.05, 0.1) is 29.0 Å². The first-order chi connectivity index (χ1) is 15.4. The van der Waals surface area contributed by atoms with Crippen molar-refractivity contribution >= 4 is 29.4 Å². The van der Waals surface area contributed by atoms with Gasteiger partial charge in [0.2, 0.25) is 0 Å². The van der Waals surface area contributed by atoms with Crippen molar-refractivity contribution in [2.75, 3.05) is 7.11 Å². The van der Waals surface area contributed by atoms with Crippen LogP contribution in [0.15, 0.2) is 75.7 Å². The fourth-order valence-corrected chi connectivity index (χ4v) is 4.64. The van der Waals surface area contributed by atoms with Crippen molar-refractivity contribution in [2.45, 2.75) is 19.9 Å². The van der Waals surface area contributed by atoms with Gasteiger partial charge in [-0.25, -0.2) is 9.79 Å². The van der Waals surface area contributed by atoms with E-state index in [9.17, 15) is 14.4 Å². The standard InChI is InChI=1S/C24H20N2O5S/c1-14-20(23(29)30-3)21(17-7-5-4-6-8-17)26-22(28)19(32-24(26)25-14)13-16-9-11-18(12-10-16)31-15(2)27/h4-13,21H,1-3H3/b19-13-. The maximum Gasteiger partial charge on any atom is 0.338 e. The summed E-state index contributed by atoms with van der Waals surface area (Å²) in [5, 5.41) is 0. The highest BCUT2D eigenvalue weighted by molar-refractivity contribution is 7.07. The van der Waals surface area contributed by atoms with Gasteiger partial charge in [-0.2, -0.15) is 0 Å². The molecule has 0 amide bonds. The highest BCUT2D eigenvalue weighted by atomic mass is 32.1. The SMILES string of the molecule is COC(=O)C1=C(C)N=c2s/c(=C\c3ccc(OC(C)=O)cc3)c(=O)n2C1c1ccccc1. The monoisotopic (exact) mass is 448 g/mol. The fraction of sp³-hybridized carbons (Fsp3) is 0.167. The van der Waals surface area contributed by atoms with Gasteiger partial charge in [-0.15, -0.1) is 0 Å². The number of benzene rings is 2. The van der Waals surface area contributed by atoms with Gasteiger partial charge in [0.15, 0.2) is 4.80 Å². The number of nitrogens with zero attached hydrogens (tertiary/aromatic N) is 2. The Labute approximate surface area is 187 Å². The van der Waals surface area contributed by atoms with Crippen LogP contribution in [0.3, 0.4) is 0 Å². The molecule has 0 saturated heterocycles. The van der Waals surface area contributed by atoms with Crippen molar-refractivity contribution in [3.63, 3.8) is 0 Å². The summed E-state index contributed by atoms with van der Waals surface area (Å²) in [5.74, 6) is -0.488. The van der Waals surface area contributed by atoms with E-state index in [1.165, 1.54) is 29.9 Å². The first-order valence-corrected chi connectivity index (χ1v) is 10.6. The van der Waals surface area contributed by atoms with Crippen LogP contribution in [-0.4, -0.2) is 23.6 Å². The molecule has 0 bridgehead atoms. The molecule has 1 aliphatic rings. The van der Waals surface area contributed by atoms with Crippen LogP contribution in [0.1, 0.15) is 31.0 Å². The second-order valence-electron chi connectivity index (χ2n) is 7.15. The van der Waals surface area contributed by atoms with Crippen LogP contribution < -0.4 is 19.6 Å². The zero-order valence-electron chi connectivity index (χ0n) is 17.7. The Balaban J connectivity index is 1.86. The van der Waals surface area contributed by atoms with E-state index in [0.29, 0.717) is 26.4 Å². The van der Waals surface area contributed by atoms with Crippen LogP contribution >= 0.6 is 11.3 Å². The van der Waals surface area contributed by atoms with Crippen LogP contribution in [-0.2, 0) is 14.3 Å². The molecule has 0 saturated carbocycles. The topological polar surface area (TPSA) is 87.0 Å². The molecule has 0 aliphatic carbocycles.